The van der Waals surface area contributed by atoms with Gasteiger partial charge in [-0.25, -0.2) is 9.97 Å². The Morgan fingerprint density at radius 3 is 0.753 bits per heavy atom. The molecule has 4 aromatic heterocycles. The maximum Gasteiger partial charge on any atom is 0.259 e. The van der Waals surface area contributed by atoms with Crippen LogP contribution in [-0.2, 0) is 0 Å². The summed E-state index contributed by atoms with van der Waals surface area (Å²) in [7, 11) is -9.43. The van der Waals surface area contributed by atoms with Crippen molar-refractivity contribution in [1.82, 2.24) is 18.4 Å². The highest BCUT2D eigenvalue weighted by Crippen LogP contribution is 2.34. The van der Waals surface area contributed by atoms with E-state index in [-0.39, 0.29) is 0 Å². The summed E-state index contributed by atoms with van der Waals surface area (Å²) in [5.41, 5.74) is 4.31. The number of hydrogen-bond donors (Lipinski definition) is 0. The van der Waals surface area contributed by atoms with E-state index in [0.29, 0.717) is 0 Å². The number of pyridine rings is 2. The van der Waals surface area contributed by atoms with Crippen molar-refractivity contribution in [1.29, 1.82) is 0 Å². The van der Waals surface area contributed by atoms with Gasteiger partial charge in [0.15, 0.2) is 8.07 Å². The fraction of sp³-hybridized carbons (Fsp3) is 0. The fourth-order valence-corrected chi connectivity index (χ4v) is 27.5. The molecule has 0 amide bonds. The summed E-state index contributed by atoms with van der Waals surface area (Å²) in [5, 5.41) is 17.7. The zero-order valence-electron chi connectivity index (χ0n) is 42.3. The van der Waals surface area contributed by atoms with Crippen molar-refractivity contribution in [2.24, 2.45) is 0 Å². The van der Waals surface area contributed by atoms with E-state index in [1.54, 1.807) is 0 Å². The summed E-state index contributed by atoms with van der Waals surface area (Å²) in [5.74, 6) is 0. The van der Waals surface area contributed by atoms with E-state index in [9.17, 15) is 0 Å². The lowest BCUT2D eigenvalue weighted by Gasteiger charge is -2.37. The molecule has 0 saturated heterocycles. The van der Waals surface area contributed by atoms with Gasteiger partial charge in [0.25, 0.3) is 16.5 Å². The van der Waals surface area contributed by atoms with Gasteiger partial charge in [-0.2, -0.15) is 0 Å². The number of hydrogen-bond acceptors (Lipinski definition) is 2. The van der Waals surface area contributed by atoms with Crippen molar-refractivity contribution in [2.75, 3.05) is 0 Å². The molecule has 0 radical (unpaired) electrons. The Hall–Kier alpha value is -9.25. The molecule has 0 spiro atoms. The van der Waals surface area contributed by atoms with E-state index < -0.39 is 24.5 Å². The van der Waals surface area contributed by atoms with Crippen molar-refractivity contribution < 1.29 is 0 Å². The molecule has 77 heavy (non-hydrogen) atoms. The van der Waals surface area contributed by atoms with Gasteiger partial charge in [0.05, 0.1) is 0 Å². The lowest BCUT2D eigenvalue weighted by Crippen LogP contribution is -2.74. The highest BCUT2D eigenvalue weighted by molar-refractivity contribution is 7.20. The van der Waals surface area contributed by atoms with Crippen LogP contribution in [-0.4, -0.2) is 43.0 Å². The maximum absolute atomic E-state index is 5.38. The standard InChI is InChI=1S/C70H52N4Si3/c1-9-27-53(28-10-1)75(54-29-11-2-12-30-54,61-45-47-67-65(51-61)63-43-25-49-71-69(63)73(67)76(55-31-13-3-14-32-55,56-33-15-4-16-34-56)57-35-17-5-18-36-57)62-46-48-68-66(52-62)64-44-26-50-72-70(64)74(68)77(58-37-19-6-20-38-58,59-39-21-7-22-40-59)60-41-23-8-24-42-60/h1-52H. The van der Waals surface area contributed by atoms with Crippen LogP contribution in [0, 0.1) is 0 Å². The van der Waals surface area contributed by atoms with Gasteiger partial charge in [0, 0.05) is 45.0 Å². The third-order valence-corrected chi connectivity index (χ3v) is 30.2. The van der Waals surface area contributed by atoms with E-state index >= 15 is 0 Å². The first-order chi connectivity index (χ1) is 38.2. The Labute approximate surface area is 451 Å². The minimum atomic E-state index is -3.20. The van der Waals surface area contributed by atoms with Crippen LogP contribution in [0.3, 0.4) is 0 Å². The molecular weight excluding hydrogens is 981 g/mol. The van der Waals surface area contributed by atoms with Gasteiger partial charge >= 0.3 is 0 Å². The molecule has 14 rings (SSSR count). The van der Waals surface area contributed by atoms with Crippen LogP contribution in [0.5, 0.6) is 0 Å². The predicted octanol–water partition coefficient (Wildman–Crippen LogP) is 9.10. The van der Waals surface area contributed by atoms with Gasteiger partial charge in [0.1, 0.15) is 11.3 Å². The first-order valence-electron chi connectivity index (χ1n) is 26.5. The third kappa shape index (κ3) is 7.08. The summed E-state index contributed by atoms with van der Waals surface area (Å²) < 4.78 is 5.32. The number of rotatable bonds is 12. The molecule has 7 heteroatoms. The average Bonchev–Trinajstić information content (AvgIpc) is 4.19. The third-order valence-electron chi connectivity index (χ3n) is 16.2. The smallest absolute Gasteiger partial charge is 0.259 e. The van der Waals surface area contributed by atoms with E-state index in [4.69, 9.17) is 9.97 Å². The number of aromatic nitrogens is 4. The molecule has 364 valence electrons. The molecule has 0 saturated carbocycles. The van der Waals surface area contributed by atoms with E-state index in [1.165, 1.54) is 73.7 Å². The van der Waals surface area contributed by atoms with Crippen LogP contribution in [0.1, 0.15) is 0 Å². The molecule has 0 unspecified atom stereocenters. The van der Waals surface area contributed by atoms with Gasteiger partial charge < -0.3 is 8.47 Å². The van der Waals surface area contributed by atoms with Crippen LogP contribution in [0.2, 0.25) is 0 Å². The lowest BCUT2D eigenvalue weighted by molar-refractivity contribution is 1.23. The first-order valence-corrected chi connectivity index (χ1v) is 32.4. The molecular formula is C70H52N4Si3. The highest BCUT2D eigenvalue weighted by Gasteiger charge is 2.48. The second-order valence-electron chi connectivity index (χ2n) is 20.0. The predicted molar refractivity (Wildman–Crippen MR) is 330 cm³/mol. The second kappa shape index (κ2) is 19.2. The molecule has 10 aromatic carbocycles. The Morgan fingerprint density at radius 1 is 0.221 bits per heavy atom. The van der Waals surface area contributed by atoms with Gasteiger partial charge in [-0.05, 0) is 88.3 Å². The Morgan fingerprint density at radius 2 is 0.481 bits per heavy atom. The minimum absolute atomic E-state index is 0.985. The van der Waals surface area contributed by atoms with E-state index in [0.717, 1.165) is 22.1 Å². The summed E-state index contributed by atoms with van der Waals surface area (Å²) in [6, 6.07) is 113. The SMILES string of the molecule is c1ccc([Si](c2ccccc2)(c2ccc3c(c2)c2cccnc2n3[Si](c2ccccc2)(c2ccccc2)c2ccccc2)c2ccc3c(c2)c2cccnc2n3[Si](c2ccccc2)(c2ccccc2)c2ccccc2)cc1. The first kappa shape index (κ1) is 46.3. The Kier molecular flexibility index (Phi) is 11.5. The van der Waals surface area contributed by atoms with E-state index in [1.807, 2.05) is 12.4 Å². The molecule has 0 N–H and O–H groups in total. The van der Waals surface area contributed by atoms with Crippen LogP contribution in [0.4, 0.5) is 0 Å². The minimum Gasteiger partial charge on any atom is -0.340 e. The molecule has 0 atom stereocenters. The fourth-order valence-electron chi connectivity index (χ4n) is 13.1. The van der Waals surface area contributed by atoms with Crippen LogP contribution in [0.15, 0.2) is 316 Å². The molecule has 0 aliphatic rings. The Bertz CT molecular complexity index is 3890. The summed E-state index contributed by atoms with van der Waals surface area (Å²) >= 11 is 0. The van der Waals surface area contributed by atoms with Gasteiger partial charge in [-0.3, -0.25) is 0 Å². The number of nitrogens with zero attached hydrogens (tertiary/aromatic N) is 4. The summed E-state index contributed by atoms with van der Waals surface area (Å²) in [6.07, 6.45) is 3.94. The number of benzene rings is 10. The molecule has 0 fully saturated rings. The van der Waals surface area contributed by atoms with Crippen molar-refractivity contribution in [2.45, 2.75) is 0 Å². The lowest BCUT2D eigenvalue weighted by atomic mass is 10.2. The Balaban J connectivity index is 1.10. The zero-order chi connectivity index (χ0) is 51.2. The molecule has 14 aromatic rings. The monoisotopic (exact) mass is 1030 g/mol. The normalized spacial score (nSPS) is 12.2. The largest absolute Gasteiger partial charge is 0.340 e. The summed E-state index contributed by atoms with van der Waals surface area (Å²) in [6.45, 7) is 0. The van der Waals surface area contributed by atoms with Gasteiger partial charge in [0.2, 0.25) is 0 Å². The molecule has 4 nitrogen and oxygen atoms in total. The topological polar surface area (TPSA) is 35.6 Å². The van der Waals surface area contributed by atoms with Crippen LogP contribution < -0.4 is 51.9 Å². The second-order valence-corrected chi connectivity index (χ2v) is 31.0. The van der Waals surface area contributed by atoms with Crippen LogP contribution in [0.25, 0.3) is 43.9 Å². The quantitative estimate of drug-likeness (QED) is 0.0906. The highest BCUT2D eigenvalue weighted by atomic mass is 28.3. The maximum atomic E-state index is 5.38. The van der Waals surface area contributed by atoms with Gasteiger partial charge in [-0.1, -0.05) is 267 Å². The average molecular weight is 1030 g/mol. The van der Waals surface area contributed by atoms with Crippen molar-refractivity contribution in [3.63, 3.8) is 0 Å². The van der Waals surface area contributed by atoms with E-state index in [2.05, 4.69) is 312 Å². The molecule has 0 aliphatic heterocycles. The van der Waals surface area contributed by atoms with Gasteiger partial charge in [-0.15, -0.1) is 0 Å². The van der Waals surface area contributed by atoms with Crippen LogP contribution >= 0.6 is 0 Å². The molecule has 0 aliphatic carbocycles. The van der Waals surface area contributed by atoms with Crippen molar-refractivity contribution >= 4 is 120 Å². The molecule has 4 heterocycles. The molecule has 0 bridgehead atoms. The zero-order valence-corrected chi connectivity index (χ0v) is 45.3. The van der Waals surface area contributed by atoms with Crippen molar-refractivity contribution in [3.05, 3.63) is 316 Å². The summed E-state index contributed by atoms with van der Waals surface area (Å²) in [4.78, 5) is 10.8. The number of fused-ring (bicyclic) bond motifs is 6. The van der Waals surface area contributed by atoms with Crippen molar-refractivity contribution in [3.8, 4) is 0 Å².